The molecular weight excluding hydrogens is 312 g/mol. The van der Waals surface area contributed by atoms with Crippen LogP contribution in [0, 0.1) is 10.1 Å². The number of aliphatic hydroxyl groups excluding tert-OH is 2. The molecule has 1 saturated carbocycles. The van der Waals surface area contributed by atoms with Crippen molar-refractivity contribution in [3.05, 3.63) is 27.8 Å². The van der Waals surface area contributed by atoms with Gasteiger partial charge in [0.05, 0.1) is 16.3 Å². The Morgan fingerprint density at radius 2 is 1.88 bits per heavy atom. The van der Waals surface area contributed by atoms with E-state index in [0.717, 1.165) is 18.4 Å². The van der Waals surface area contributed by atoms with E-state index in [0.29, 0.717) is 24.0 Å². The molecule has 2 aliphatic rings. The Hall–Kier alpha value is -1.90. The highest BCUT2D eigenvalue weighted by atomic mass is 16.6. The van der Waals surface area contributed by atoms with Gasteiger partial charge in [0.25, 0.3) is 5.69 Å². The number of fused-ring (bicyclic) bond motifs is 1. The van der Waals surface area contributed by atoms with Crippen molar-refractivity contribution in [2.75, 3.05) is 17.7 Å². The third kappa shape index (κ3) is 3.45. The van der Waals surface area contributed by atoms with Gasteiger partial charge in [-0.1, -0.05) is 19.3 Å². The smallest absolute Gasteiger partial charge is 0.271 e. The van der Waals surface area contributed by atoms with Crippen molar-refractivity contribution in [2.24, 2.45) is 0 Å². The topological polar surface area (TPSA) is 111 Å². The number of rotatable bonds is 4. The summed E-state index contributed by atoms with van der Waals surface area (Å²) >= 11 is 0. The van der Waals surface area contributed by atoms with E-state index in [1.165, 1.54) is 31.4 Å². The number of hydrogen-bond acceptors (Lipinski definition) is 7. The van der Waals surface area contributed by atoms with E-state index < -0.39 is 17.4 Å². The molecule has 1 aromatic rings. The van der Waals surface area contributed by atoms with E-state index in [4.69, 9.17) is 0 Å². The molecule has 4 N–H and O–H groups in total. The Bertz CT molecular complexity index is 618. The van der Waals surface area contributed by atoms with E-state index in [1.54, 1.807) is 0 Å². The second-order valence-electron chi connectivity index (χ2n) is 6.67. The molecule has 1 fully saturated rings. The highest BCUT2D eigenvalue weighted by molar-refractivity contribution is 5.78. The van der Waals surface area contributed by atoms with Crippen LogP contribution in [0.25, 0.3) is 0 Å². The first-order valence-corrected chi connectivity index (χ1v) is 8.36. The molecule has 0 radical (unpaired) electrons. The predicted octanol–water partition coefficient (Wildman–Crippen LogP) is 1.83. The van der Waals surface area contributed by atoms with Crippen LogP contribution in [0.15, 0.2) is 12.1 Å². The lowest BCUT2D eigenvalue weighted by Gasteiger charge is -2.34. The van der Waals surface area contributed by atoms with Gasteiger partial charge in [0, 0.05) is 24.7 Å². The number of nitro groups is 1. The molecule has 24 heavy (non-hydrogen) atoms. The summed E-state index contributed by atoms with van der Waals surface area (Å²) in [7, 11) is 2.03. The molecule has 1 heterocycles. The zero-order valence-electron chi connectivity index (χ0n) is 13.7. The zero-order valence-corrected chi connectivity index (χ0v) is 13.7. The highest BCUT2D eigenvalue weighted by Gasteiger charge is 2.29. The lowest BCUT2D eigenvalue weighted by molar-refractivity contribution is -0.384. The molecule has 8 nitrogen and oxygen atoms in total. The lowest BCUT2D eigenvalue weighted by atomic mass is 9.94. The first-order chi connectivity index (χ1) is 11.5. The Morgan fingerprint density at radius 3 is 2.54 bits per heavy atom. The third-order valence-corrected chi connectivity index (χ3v) is 4.93. The van der Waals surface area contributed by atoms with Gasteiger partial charge in [-0.05, 0) is 25.5 Å². The van der Waals surface area contributed by atoms with Crippen molar-refractivity contribution in [2.45, 2.75) is 57.1 Å². The molecule has 0 amide bonds. The van der Waals surface area contributed by atoms with Crippen molar-refractivity contribution in [1.82, 2.24) is 4.90 Å². The number of nitro benzene ring substituents is 1. The minimum atomic E-state index is -1.21. The number of nitrogens with zero attached hydrogens (tertiary/aromatic N) is 2. The predicted molar refractivity (Wildman–Crippen MR) is 90.7 cm³/mol. The van der Waals surface area contributed by atoms with E-state index in [1.807, 2.05) is 7.05 Å². The third-order valence-electron chi connectivity index (χ3n) is 4.93. The van der Waals surface area contributed by atoms with Crippen LogP contribution in [0.2, 0.25) is 0 Å². The van der Waals surface area contributed by atoms with E-state index in [-0.39, 0.29) is 5.69 Å². The summed E-state index contributed by atoms with van der Waals surface area (Å²) < 4.78 is 0. The van der Waals surface area contributed by atoms with Crippen LogP contribution in [0.3, 0.4) is 0 Å². The summed E-state index contributed by atoms with van der Waals surface area (Å²) in [5.74, 6) is 0. The van der Waals surface area contributed by atoms with Crippen molar-refractivity contribution in [3.63, 3.8) is 0 Å². The zero-order chi connectivity index (χ0) is 17.3. The first-order valence-electron chi connectivity index (χ1n) is 8.36. The monoisotopic (exact) mass is 336 g/mol. The lowest BCUT2D eigenvalue weighted by Crippen LogP contribution is -2.43. The van der Waals surface area contributed by atoms with E-state index in [9.17, 15) is 20.3 Å². The van der Waals surface area contributed by atoms with Crippen LogP contribution in [0.5, 0.6) is 0 Å². The summed E-state index contributed by atoms with van der Waals surface area (Å²) in [6.07, 6.45) is 3.62. The fourth-order valence-corrected chi connectivity index (χ4v) is 3.58. The Morgan fingerprint density at radius 1 is 1.21 bits per heavy atom. The van der Waals surface area contributed by atoms with Gasteiger partial charge < -0.3 is 20.8 Å². The molecule has 3 rings (SSSR count). The van der Waals surface area contributed by atoms with Gasteiger partial charge in [0.15, 0.2) is 12.5 Å². The van der Waals surface area contributed by atoms with Gasteiger partial charge in [0.2, 0.25) is 0 Å². The van der Waals surface area contributed by atoms with Crippen molar-refractivity contribution in [1.29, 1.82) is 0 Å². The standard InChI is InChI=1S/C16H24N4O4/c1-19(11-5-3-2-4-6-11)9-10-7-12(20(23)24)8-13-14(10)18-16(22)15(21)17-13/h7-8,11,15-18,21-22H,2-6,9H2,1H3. The van der Waals surface area contributed by atoms with Gasteiger partial charge >= 0.3 is 0 Å². The quantitative estimate of drug-likeness (QED) is 0.490. The number of nitrogens with one attached hydrogen (secondary N) is 2. The van der Waals surface area contributed by atoms with Crippen molar-refractivity contribution in [3.8, 4) is 0 Å². The summed E-state index contributed by atoms with van der Waals surface area (Å²) in [4.78, 5) is 13.0. The molecule has 0 saturated heterocycles. The van der Waals surface area contributed by atoms with Crippen LogP contribution in [-0.2, 0) is 6.54 Å². The summed E-state index contributed by atoms with van der Waals surface area (Å²) in [5.41, 5.74) is 1.76. The highest BCUT2D eigenvalue weighted by Crippen LogP contribution is 2.36. The van der Waals surface area contributed by atoms with Crippen LogP contribution < -0.4 is 10.6 Å². The molecule has 1 aromatic carbocycles. The molecule has 1 aliphatic carbocycles. The van der Waals surface area contributed by atoms with Crippen LogP contribution in [-0.4, -0.2) is 45.6 Å². The fourth-order valence-electron chi connectivity index (χ4n) is 3.58. The number of hydrogen-bond donors (Lipinski definition) is 4. The molecular formula is C16H24N4O4. The Balaban J connectivity index is 1.89. The van der Waals surface area contributed by atoms with Crippen LogP contribution in [0.4, 0.5) is 17.1 Å². The van der Waals surface area contributed by atoms with Gasteiger partial charge in [-0.15, -0.1) is 0 Å². The first kappa shape index (κ1) is 16.9. The van der Waals surface area contributed by atoms with Gasteiger partial charge in [-0.25, -0.2) is 0 Å². The number of benzene rings is 1. The summed E-state index contributed by atoms with van der Waals surface area (Å²) in [6, 6.07) is 3.39. The van der Waals surface area contributed by atoms with Crippen molar-refractivity contribution < 1.29 is 15.1 Å². The van der Waals surface area contributed by atoms with Gasteiger partial charge in [0.1, 0.15) is 0 Å². The average molecular weight is 336 g/mol. The number of anilines is 2. The minimum absolute atomic E-state index is 0.0290. The maximum atomic E-state index is 11.2. The van der Waals surface area contributed by atoms with Crippen LogP contribution >= 0.6 is 0 Å². The number of non-ortho nitro benzene ring substituents is 1. The second-order valence-corrected chi connectivity index (χ2v) is 6.67. The Labute approximate surface area is 140 Å². The maximum Gasteiger partial charge on any atom is 0.271 e. The average Bonchev–Trinajstić information content (AvgIpc) is 2.57. The molecule has 8 heteroatoms. The van der Waals surface area contributed by atoms with Gasteiger partial charge in [-0.2, -0.15) is 0 Å². The minimum Gasteiger partial charge on any atom is -0.369 e. The largest absolute Gasteiger partial charge is 0.369 e. The molecule has 0 bridgehead atoms. The second kappa shape index (κ2) is 6.92. The Kier molecular flexibility index (Phi) is 4.88. The molecule has 2 atom stereocenters. The summed E-state index contributed by atoms with van der Waals surface area (Å²) in [6.45, 7) is 0.548. The maximum absolute atomic E-state index is 11.2. The molecule has 2 unspecified atom stereocenters. The SMILES string of the molecule is CN(Cc1cc([N+](=O)[O-])cc2c1NC(O)C(O)N2)C1CCCCC1. The van der Waals surface area contributed by atoms with Crippen LogP contribution in [0.1, 0.15) is 37.7 Å². The fraction of sp³-hybridized carbons (Fsp3) is 0.625. The molecule has 1 aliphatic heterocycles. The molecule has 0 aromatic heterocycles. The summed E-state index contributed by atoms with van der Waals surface area (Å²) in [5, 5.41) is 36.3. The molecule has 0 spiro atoms. The molecule has 132 valence electrons. The van der Waals surface area contributed by atoms with E-state index in [2.05, 4.69) is 15.5 Å². The number of aliphatic hydroxyl groups is 2. The normalized spacial score (nSPS) is 24.2. The van der Waals surface area contributed by atoms with Crippen molar-refractivity contribution >= 4 is 17.1 Å². The van der Waals surface area contributed by atoms with E-state index >= 15 is 0 Å². The van der Waals surface area contributed by atoms with Gasteiger partial charge in [-0.3, -0.25) is 15.0 Å².